The van der Waals surface area contributed by atoms with E-state index in [9.17, 15) is 14.7 Å². The fraction of sp³-hybridized carbons (Fsp3) is 0.200. The van der Waals surface area contributed by atoms with Crippen molar-refractivity contribution in [2.45, 2.75) is 13.8 Å². The summed E-state index contributed by atoms with van der Waals surface area (Å²) in [6.07, 6.45) is 0.859. The highest BCUT2D eigenvalue weighted by Crippen LogP contribution is 2.28. The molecule has 2 aromatic rings. The first-order valence-electron chi connectivity index (χ1n) is 7.92. The highest BCUT2D eigenvalue weighted by Gasteiger charge is 2.17. The predicted octanol–water partition coefficient (Wildman–Crippen LogP) is 3.43. The van der Waals surface area contributed by atoms with Crippen LogP contribution in [0, 0.1) is 13.8 Å². The Morgan fingerprint density at radius 2 is 1.81 bits per heavy atom. The van der Waals surface area contributed by atoms with Gasteiger partial charge in [-0.25, -0.2) is 0 Å². The van der Waals surface area contributed by atoms with Crippen LogP contribution in [-0.2, 0) is 9.59 Å². The van der Waals surface area contributed by atoms with E-state index in [0.717, 1.165) is 17.2 Å². The molecule has 26 heavy (non-hydrogen) atoms. The minimum absolute atomic E-state index is 0.250. The molecule has 0 aliphatic rings. The van der Waals surface area contributed by atoms with Crippen molar-refractivity contribution in [3.8, 4) is 11.5 Å². The molecule has 0 saturated carbocycles. The zero-order valence-corrected chi connectivity index (χ0v) is 15.1. The Balaban J connectivity index is 2.24. The number of hydrogen-bond donors (Lipinski definition) is 2. The fourth-order valence-corrected chi connectivity index (χ4v) is 2.35. The maximum absolute atomic E-state index is 12.2. The first-order chi connectivity index (χ1) is 12.4. The van der Waals surface area contributed by atoms with E-state index in [2.05, 4.69) is 5.32 Å². The molecule has 6 heteroatoms. The van der Waals surface area contributed by atoms with Crippen LogP contribution >= 0.6 is 0 Å². The lowest BCUT2D eigenvalue weighted by molar-refractivity contribution is -0.131. The number of aryl methyl sites for hydroxylation is 1. The first-order valence-corrected chi connectivity index (χ1v) is 7.92. The summed E-state index contributed by atoms with van der Waals surface area (Å²) < 4.78 is 10.3. The largest absolute Gasteiger partial charge is 0.507 e. The van der Waals surface area contributed by atoms with Crippen LogP contribution in [0.25, 0.3) is 5.76 Å². The molecule has 0 aliphatic heterocycles. The van der Waals surface area contributed by atoms with Crippen LogP contribution in [0.5, 0.6) is 11.5 Å². The van der Waals surface area contributed by atoms with Crippen molar-refractivity contribution in [1.82, 2.24) is 0 Å². The number of benzene rings is 2. The first kappa shape index (κ1) is 19.1. The third-order valence-electron chi connectivity index (χ3n) is 4.03. The van der Waals surface area contributed by atoms with Crippen LogP contribution in [0.2, 0.25) is 0 Å². The molecule has 0 spiro atoms. The number of amides is 1. The second kappa shape index (κ2) is 8.20. The summed E-state index contributed by atoms with van der Waals surface area (Å²) >= 11 is 0. The number of carbonyl (C=O) groups is 2. The Hall–Kier alpha value is -3.28. The van der Waals surface area contributed by atoms with Crippen molar-refractivity contribution in [1.29, 1.82) is 0 Å². The van der Waals surface area contributed by atoms with Crippen LogP contribution < -0.4 is 14.8 Å². The van der Waals surface area contributed by atoms with E-state index in [4.69, 9.17) is 9.47 Å². The standard InChI is InChI=1S/C20H21NO5/c1-12-6-5-7-16(13(12)2)21-20(24)18(23)11-17(22)15-10-14(25-3)8-9-19(15)26-4/h5-11,22H,1-4H3,(H,21,24). The summed E-state index contributed by atoms with van der Waals surface area (Å²) in [5.74, 6) is -1.28. The van der Waals surface area contributed by atoms with Gasteiger partial charge >= 0.3 is 0 Å². The Bertz CT molecular complexity index is 871. The van der Waals surface area contributed by atoms with Crippen LogP contribution in [-0.4, -0.2) is 31.0 Å². The van der Waals surface area contributed by atoms with E-state index >= 15 is 0 Å². The normalized spacial score (nSPS) is 11.0. The smallest absolute Gasteiger partial charge is 0.296 e. The molecule has 0 unspecified atom stereocenters. The van der Waals surface area contributed by atoms with Gasteiger partial charge in [-0.15, -0.1) is 0 Å². The highest BCUT2D eigenvalue weighted by molar-refractivity contribution is 6.45. The Morgan fingerprint density at radius 1 is 1.08 bits per heavy atom. The van der Waals surface area contributed by atoms with Crippen LogP contribution in [0.3, 0.4) is 0 Å². The van der Waals surface area contributed by atoms with Gasteiger partial charge in [0.15, 0.2) is 0 Å². The van der Waals surface area contributed by atoms with Gasteiger partial charge in [-0.3, -0.25) is 9.59 Å². The minimum atomic E-state index is -0.881. The summed E-state index contributed by atoms with van der Waals surface area (Å²) in [6.45, 7) is 3.76. The number of rotatable bonds is 6. The average molecular weight is 355 g/mol. The average Bonchev–Trinajstić information content (AvgIpc) is 2.64. The number of carbonyl (C=O) groups excluding carboxylic acids is 2. The molecular formula is C20H21NO5. The summed E-state index contributed by atoms with van der Waals surface area (Å²) in [5.41, 5.74) is 2.67. The third kappa shape index (κ3) is 4.22. The van der Waals surface area contributed by atoms with Crippen molar-refractivity contribution >= 4 is 23.1 Å². The highest BCUT2D eigenvalue weighted by atomic mass is 16.5. The molecule has 0 fully saturated rings. The van der Waals surface area contributed by atoms with Gasteiger partial charge in [0.1, 0.15) is 17.3 Å². The monoisotopic (exact) mass is 355 g/mol. The van der Waals surface area contributed by atoms with Gasteiger partial charge in [0, 0.05) is 11.8 Å². The van der Waals surface area contributed by atoms with Gasteiger partial charge in [-0.05, 0) is 49.2 Å². The Kier molecular flexibility index (Phi) is 6.01. The lowest BCUT2D eigenvalue weighted by Crippen LogP contribution is -2.21. The van der Waals surface area contributed by atoms with Gasteiger partial charge in [-0.2, -0.15) is 0 Å². The second-order valence-corrected chi connectivity index (χ2v) is 5.66. The molecule has 0 heterocycles. The second-order valence-electron chi connectivity index (χ2n) is 5.66. The minimum Gasteiger partial charge on any atom is -0.507 e. The molecule has 136 valence electrons. The van der Waals surface area contributed by atoms with Crippen LogP contribution in [0.15, 0.2) is 42.5 Å². The number of nitrogens with one attached hydrogen (secondary N) is 1. The quantitative estimate of drug-likeness (QED) is 0.471. The molecule has 2 aromatic carbocycles. The molecular weight excluding hydrogens is 334 g/mol. The third-order valence-corrected chi connectivity index (χ3v) is 4.03. The summed E-state index contributed by atoms with van der Waals surface area (Å²) in [5, 5.41) is 12.8. The van der Waals surface area contributed by atoms with Crippen molar-refractivity contribution in [3.05, 3.63) is 59.2 Å². The van der Waals surface area contributed by atoms with Gasteiger partial charge < -0.3 is 19.9 Å². The van der Waals surface area contributed by atoms with Crippen LogP contribution in [0.1, 0.15) is 16.7 Å². The summed E-state index contributed by atoms with van der Waals surface area (Å²) in [6, 6.07) is 10.2. The molecule has 0 atom stereocenters. The number of aliphatic hydroxyl groups excluding tert-OH is 1. The van der Waals surface area contributed by atoms with E-state index in [-0.39, 0.29) is 11.3 Å². The maximum Gasteiger partial charge on any atom is 0.296 e. The summed E-state index contributed by atoms with van der Waals surface area (Å²) in [7, 11) is 2.92. The number of aliphatic hydroxyl groups is 1. The van der Waals surface area contributed by atoms with Gasteiger partial charge in [-0.1, -0.05) is 12.1 Å². The van der Waals surface area contributed by atoms with Gasteiger partial charge in [0.2, 0.25) is 5.78 Å². The molecule has 0 radical (unpaired) electrons. The van der Waals surface area contributed by atoms with E-state index in [0.29, 0.717) is 17.2 Å². The molecule has 1 amide bonds. The maximum atomic E-state index is 12.2. The van der Waals surface area contributed by atoms with E-state index < -0.39 is 11.7 Å². The summed E-state index contributed by atoms with van der Waals surface area (Å²) in [4.78, 5) is 24.3. The Labute approximate surface area is 152 Å². The van der Waals surface area contributed by atoms with Crippen molar-refractivity contribution < 1.29 is 24.2 Å². The van der Waals surface area contributed by atoms with Crippen molar-refractivity contribution in [2.75, 3.05) is 19.5 Å². The lowest BCUT2D eigenvalue weighted by Gasteiger charge is -2.10. The number of ether oxygens (including phenoxy) is 2. The van der Waals surface area contributed by atoms with E-state index in [1.54, 1.807) is 24.3 Å². The molecule has 6 nitrogen and oxygen atoms in total. The van der Waals surface area contributed by atoms with Gasteiger partial charge in [0.05, 0.1) is 19.8 Å². The zero-order chi connectivity index (χ0) is 19.3. The lowest BCUT2D eigenvalue weighted by atomic mass is 10.1. The van der Waals surface area contributed by atoms with Crippen molar-refractivity contribution in [3.63, 3.8) is 0 Å². The molecule has 0 saturated heterocycles. The van der Waals surface area contributed by atoms with E-state index in [1.165, 1.54) is 20.3 Å². The molecule has 0 aliphatic carbocycles. The van der Waals surface area contributed by atoms with Gasteiger partial charge in [0.25, 0.3) is 5.91 Å². The number of hydrogen-bond acceptors (Lipinski definition) is 5. The fourth-order valence-electron chi connectivity index (χ4n) is 2.35. The SMILES string of the molecule is COc1ccc(OC)c(C(O)=CC(=O)C(=O)Nc2cccc(C)c2C)c1. The number of methoxy groups -OCH3 is 2. The topological polar surface area (TPSA) is 84.9 Å². The molecule has 0 aromatic heterocycles. The van der Waals surface area contributed by atoms with E-state index in [1.807, 2.05) is 19.9 Å². The zero-order valence-electron chi connectivity index (χ0n) is 15.1. The molecule has 2 N–H and O–H groups in total. The number of ketones is 1. The van der Waals surface area contributed by atoms with Crippen LogP contribution in [0.4, 0.5) is 5.69 Å². The van der Waals surface area contributed by atoms with Crippen molar-refractivity contribution in [2.24, 2.45) is 0 Å². The molecule has 2 rings (SSSR count). The Morgan fingerprint density at radius 3 is 2.46 bits per heavy atom. The molecule has 0 bridgehead atoms. The number of anilines is 1. The predicted molar refractivity (Wildman–Crippen MR) is 99.7 cm³/mol.